The van der Waals surface area contributed by atoms with Gasteiger partial charge in [-0.15, -0.1) is 0 Å². The number of aliphatic hydroxyl groups is 1. The first-order valence-electron chi connectivity index (χ1n) is 7.33. The van der Waals surface area contributed by atoms with Gasteiger partial charge in [0.15, 0.2) is 0 Å². The first-order chi connectivity index (χ1) is 10.2. The summed E-state index contributed by atoms with van der Waals surface area (Å²) in [5, 5.41) is 15.3. The summed E-state index contributed by atoms with van der Waals surface area (Å²) < 4.78 is 2.10. The lowest BCUT2D eigenvalue weighted by atomic mass is 10.2. The Kier molecular flexibility index (Phi) is 4.17. The Balaban J connectivity index is 1.45. The third kappa shape index (κ3) is 3.22. The minimum atomic E-state index is -0.405. The molecule has 1 saturated heterocycles. The van der Waals surface area contributed by atoms with E-state index in [1.54, 1.807) is 0 Å². The molecule has 0 aliphatic carbocycles. The van der Waals surface area contributed by atoms with Crippen LogP contribution >= 0.6 is 0 Å². The Hall–Kier alpha value is -1.92. The molecule has 2 aromatic rings. The van der Waals surface area contributed by atoms with Gasteiger partial charge in [-0.1, -0.05) is 12.1 Å². The van der Waals surface area contributed by atoms with Crippen LogP contribution in [-0.2, 0) is 11.3 Å². The lowest BCUT2D eigenvalue weighted by Crippen LogP contribution is -2.40. The molecule has 0 spiro atoms. The highest BCUT2D eigenvalue weighted by molar-refractivity contribution is 5.82. The number of benzene rings is 1. The molecule has 1 aliphatic heterocycles. The van der Waals surface area contributed by atoms with E-state index in [1.165, 1.54) is 0 Å². The number of nitrogens with zero attached hydrogens (tertiary/aromatic N) is 2. The second-order valence-corrected chi connectivity index (χ2v) is 5.42. The molecule has 0 bridgehead atoms. The van der Waals surface area contributed by atoms with Crippen LogP contribution in [0.25, 0.3) is 11.0 Å². The smallest absolute Gasteiger partial charge is 0.237 e. The van der Waals surface area contributed by atoms with E-state index < -0.39 is 6.10 Å². The maximum Gasteiger partial charge on any atom is 0.237 e. The maximum absolute atomic E-state index is 11.9. The third-order valence-corrected chi connectivity index (χ3v) is 3.83. The summed E-state index contributed by atoms with van der Waals surface area (Å²) in [6.07, 6.45) is 2.78. The highest BCUT2D eigenvalue weighted by atomic mass is 16.3. The highest BCUT2D eigenvalue weighted by Crippen LogP contribution is 2.12. The van der Waals surface area contributed by atoms with Crippen LogP contribution in [0.4, 0.5) is 0 Å². The standard InChI is InChI=1S/C15H20N4O2/c20-11-8-13(17-9-11)15(21)16-6-3-7-19-10-18-12-4-1-2-5-14(12)19/h1-2,4-5,10-11,13,17,20H,3,6-9H2,(H,16,21)/t11-,13-/m1/s1. The summed E-state index contributed by atoms with van der Waals surface area (Å²) in [6.45, 7) is 1.94. The summed E-state index contributed by atoms with van der Waals surface area (Å²) >= 11 is 0. The Morgan fingerprint density at radius 3 is 3.14 bits per heavy atom. The second kappa shape index (κ2) is 6.24. The second-order valence-electron chi connectivity index (χ2n) is 5.42. The minimum Gasteiger partial charge on any atom is -0.392 e. The number of imidazole rings is 1. The van der Waals surface area contributed by atoms with Crippen molar-refractivity contribution in [1.29, 1.82) is 0 Å². The number of rotatable bonds is 5. The van der Waals surface area contributed by atoms with E-state index in [9.17, 15) is 9.90 Å². The molecule has 1 fully saturated rings. The van der Waals surface area contributed by atoms with Crippen LogP contribution in [0.1, 0.15) is 12.8 Å². The molecule has 6 heteroatoms. The summed E-state index contributed by atoms with van der Waals surface area (Å²) in [5.41, 5.74) is 2.11. The van der Waals surface area contributed by atoms with Gasteiger partial charge in [-0.3, -0.25) is 4.79 Å². The average Bonchev–Trinajstić information content (AvgIpc) is 3.10. The molecule has 1 aliphatic rings. The molecule has 112 valence electrons. The number of β-amino-alcohol motifs (C(OH)–C–C–N with tert-alkyl or cyclic N) is 1. The number of aliphatic hydroxyl groups excluding tert-OH is 1. The van der Waals surface area contributed by atoms with Gasteiger partial charge in [0.05, 0.1) is 29.5 Å². The molecule has 1 aromatic carbocycles. The topological polar surface area (TPSA) is 79.2 Å². The van der Waals surface area contributed by atoms with Crippen molar-refractivity contribution >= 4 is 16.9 Å². The van der Waals surface area contributed by atoms with E-state index in [1.807, 2.05) is 30.6 Å². The van der Waals surface area contributed by atoms with Gasteiger partial charge in [0.25, 0.3) is 0 Å². The number of hydrogen-bond donors (Lipinski definition) is 3. The number of hydrogen-bond acceptors (Lipinski definition) is 4. The molecule has 1 aromatic heterocycles. The number of fused-ring (bicyclic) bond motifs is 1. The van der Waals surface area contributed by atoms with Crippen molar-refractivity contribution < 1.29 is 9.90 Å². The quantitative estimate of drug-likeness (QED) is 0.690. The molecule has 3 rings (SSSR count). The van der Waals surface area contributed by atoms with Crippen LogP contribution in [0.2, 0.25) is 0 Å². The number of carbonyl (C=O) groups excluding carboxylic acids is 1. The monoisotopic (exact) mass is 288 g/mol. The lowest BCUT2D eigenvalue weighted by molar-refractivity contribution is -0.122. The number of amides is 1. The summed E-state index contributed by atoms with van der Waals surface area (Å²) in [7, 11) is 0. The van der Waals surface area contributed by atoms with Crippen LogP contribution in [0.5, 0.6) is 0 Å². The molecule has 3 N–H and O–H groups in total. The number of carbonyl (C=O) groups is 1. The van der Waals surface area contributed by atoms with Gasteiger partial charge in [-0.05, 0) is 25.0 Å². The van der Waals surface area contributed by atoms with E-state index in [4.69, 9.17) is 0 Å². The Morgan fingerprint density at radius 2 is 2.33 bits per heavy atom. The Bertz CT molecular complexity index is 625. The highest BCUT2D eigenvalue weighted by Gasteiger charge is 2.27. The van der Waals surface area contributed by atoms with Gasteiger partial charge in [-0.25, -0.2) is 4.98 Å². The van der Waals surface area contributed by atoms with Crippen molar-refractivity contribution in [2.75, 3.05) is 13.1 Å². The van der Waals surface area contributed by atoms with Crippen molar-refractivity contribution in [1.82, 2.24) is 20.2 Å². The fraction of sp³-hybridized carbons (Fsp3) is 0.467. The van der Waals surface area contributed by atoms with E-state index in [2.05, 4.69) is 20.2 Å². The van der Waals surface area contributed by atoms with Crippen molar-refractivity contribution in [3.63, 3.8) is 0 Å². The Morgan fingerprint density at radius 1 is 1.48 bits per heavy atom. The van der Waals surface area contributed by atoms with Crippen LogP contribution < -0.4 is 10.6 Å². The predicted molar refractivity (Wildman–Crippen MR) is 79.8 cm³/mol. The zero-order valence-electron chi connectivity index (χ0n) is 11.8. The molecular formula is C15H20N4O2. The van der Waals surface area contributed by atoms with E-state index >= 15 is 0 Å². The largest absolute Gasteiger partial charge is 0.392 e. The summed E-state index contributed by atoms with van der Waals surface area (Å²) in [6, 6.07) is 7.76. The van der Waals surface area contributed by atoms with E-state index in [0.717, 1.165) is 24.0 Å². The van der Waals surface area contributed by atoms with Crippen molar-refractivity contribution in [3.8, 4) is 0 Å². The number of para-hydroxylation sites is 2. The van der Waals surface area contributed by atoms with Crippen molar-refractivity contribution in [3.05, 3.63) is 30.6 Å². The van der Waals surface area contributed by atoms with Crippen molar-refractivity contribution in [2.24, 2.45) is 0 Å². The van der Waals surface area contributed by atoms with Gasteiger partial charge in [-0.2, -0.15) is 0 Å². The van der Waals surface area contributed by atoms with Gasteiger partial charge >= 0.3 is 0 Å². The average molecular weight is 288 g/mol. The maximum atomic E-state index is 11.9. The molecule has 0 unspecified atom stereocenters. The minimum absolute atomic E-state index is 0.0259. The molecule has 2 atom stereocenters. The molecule has 1 amide bonds. The van der Waals surface area contributed by atoms with E-state index in [0.29, 0.717) is 19.5 Å². The first-order valence-corrected chi connectivity index (χ1v) is 7.33. The Labute approximate surface area is 123 Å². The molecule has 0 radical (unpaired) electrons. The number of aromatic nitrogens is 2. The van der Waals surface area contributed by atoms with Crippen LogP contribution in [0, 0.1) is 0 Å². The van der Waals surface area contributed by atoms with Crippen LogP contribution in [0.15, 0.2) is 30.6 Å². The fourth-order valence-electron chi connectivity index (χ4n) is 2.69. The summed E-state index contributed by atoms with van der Waals surface area (Å²) in [4.78, 5) is 16.2. The molecule has 0 saturated carbocycles. The van der Waals surface area contributed by atoms with E-state index in [-0.39, 0.29) is 11.9 Å². The summed E-state index contributed by atoms with van der Waals surface area (Å²) in [5.74, 6) is -0.0259. The molecule has 2 heterocycles. The fourth-order valence-corrected chi connectivity index (χ4v) is 2.69. The SMILES string of the molecule is O=C(NCCCn1cnc2ccccc21)[C@H]1C[C@@H](O)CN1. The number of aryl methyl sites for hydroxylation is 1. The normalized spacial score (nSPS) is 21.8. The zero-order chi connectivity index (χ0) is 14.7. The zero-order valence-corrected chi connectivity index (χ0v) is 11.8. The van der Waals surface area contributed by atoms with Gasteiger partial charge in [0, 0.05) is 19.6 Å². The van der Waals surface area contributed by atoms with Crippen LogP contribution in [0.3, 0.4) is 0 Å². The van der Waals surface area contributed by atoms with Crippen LogP contribution in [-0.4, -0.2) is 45.8 Å². The molecule has 6 nitrogen and oxygen atoms in total. The predicted octanol–water partition coefficient (Wildman–Crippen LogP) is 0.265. The van der Waals surface area contributed by atoms with Gasteiger partial charge in [0.2, 0.25) is 5.91 Å². The first kappa shape index (κ1) is 14.0. The number of nitrogens with one attached hydrogen (secondary N) is 2. The molecule has 21 heavy (non-hydrogen) atoms. The molecular weight excluding hydrogens is 268 g/mol. The van der Waals surface area contributed by atoms with Gasteiger partial charge in [0.1, 0.15) is 0 Å². The van der Waals surface area contributed by atoms with Gasteiger partial charge < -0.3 is 20.3 Å². The van der Waals surface area contributed by atoms with Crippen molar-refractivity contribution in [2.45, 2.75) is 31.5 Å². The third-order valence-electron chi connectivity index (χ3n) is 3.83. The lowest BCUT2D eigenvalue weighted by Gasteiger charge is -2.11.